The molecule has 0 bridgehead atoms. The summed E-state index contributed by atoms with van der Waals surface area (Å²) < 4.78 is 13.2. The van der Waals surface area contributed by atoms with Crippen LogP contribution in [0.1, 0.15) is 35.6 Å². The molecule has 2 N–H and O–H groups in total. The molecule has 1 aliphatic heterocycles. The van der Waals surface area contributed by atoms with Crippen LogP contribution in [0.3, 0.4) is 0 Å². The Morgan fingerprint density at radius 3 is 2.57 bits per heavy atom. The van der Waals surface area contributed by atoms with Crippen LogP contribution in [0.4, 0.5) is 10.1 Å². The van der Waals surface area contributed by atoms with Crippen LogP contribution in [-0.4, -0.2) is 12.3 Å². The largest absolute Gasteiger partial charge is 0.330 e. The predicted molar refractivity (Wildman–Crippen MR) is 93.3 cm³/mol. The van der Waals surface area contributed by atoms with Crippen molar-refractivity contribution in [3.05, 3.63) is 65.0 Å². The fraction of sp³-hybridized carbons (Fsp3) is 0.316. The molecule has 1 unspecified atom stereocenters. The van der Waals surface area contributed by atoms with Gasteiger partial charge in [0, 0.05) is 12.1 Å². The minimum absolute atomic E-state index is 0.0959. The number of hydrogen-bond acceptors (Lipinski definition) is 3. The van der Waals surface area contributed by atoms with E-state index in [1.807, 2.05) is 12.1 Å². The van der Waals surface area contributed by atoms with Gasteiger partial charge in [0.2, 0.25) is 0 Å². The molecular weight excluding hydrogens is 289 g/mol. The van der Waals surface area contributed by atoms with Crippen LogP contribution in [0.25, 0.3) is 0 Å². The zero-order valence-corrected chi connectivity index (χ0v) is 13.6. The monoisotopic (exact) mass is 311 g/mol. The molecule has 3 rings (SSSR count). The van der Waals surface area contributed by atoms with E-state index in [1.54, 1.807) is 0 Å². The van der Waals surface area contributed by atoms with Gasteiger partial charge in [-0.2, -0.15) is 5.10 Å². The zero-order valence-electron chi connectivity index (χ0n) is 13.6. The van der Waals surface area contributed by atoms with Gasteiger partial charge in [0.05, 0.1) is 11.7 Å². The first kappa shape index (κ1) is 15.7. The Hall–Kier alpha value is -2.20. The van der Waals surface area contributed by atoms with Crippen molar-refractivity contribution in [3.63, 3.8) is 0 Å². The molecule has 3 nitrogen and oxygen atoms in total. The fourth-order valence-electron chi connectivity index (χ4n) is 3.12. The summed E-state index contributed by atoms with van der Waals surface area (Å²) in [5, 5.41) is 6.86. The second-order valence-corrected chi connectivity index (χ2v) is 6.11. The number of rotatable bonds is 4. The van der Waals surface area contributed by atoms with E-state index in [9.17, 15) is 4.39 Å². The SMILES string of the molecule is Cc1ccc(N2N=C(CCN)CC2c2ccc(F)cc2)c(C)c1. The van der Waals surface area contributed by atoms with Gasteiger partial charge in [-0.25, -0.2) is 4.39 Å². The summed E-state index contributed by atoms with van der Waals surface area (Å²) in [4.78, 5) is 0. The Morgan fingerprint density at radius 2 is 1.91 bits per heavy atom. The minimum atomic E-state index is -0.215. The molecule has 0 spiro atoms. The number of aryl methyl sites for hydroxylation is 2. The second kappa shape index (κ2) is 6.50. The van der Waals surface area contributed by atoms with Gasteiger partial charge < -0.3 is 5.73 Å². The first-order valence-electron chi connectivity index (χ1n) is 7.97. The highest BCUT2D eigenvalue weighted by Gasteiger charge is 2.29. The quantitative estimate of drug-likeness (QED) is 0.923. The minimum Gasteiger partial charge on any atom is -0.330 e. The fourth-order valence-corrected chi connectivity index (χ4v) is 3.12. The van der Waals surface area contributed by atoms with Crippen molar-refractivity contribution < 1.29 is 4.39 Å². The maximum atomic E-state index is 13.2. The lowest BCUT2D eigenvalue weighted by atomic mass is 9.99. The van der Waals surface area contributed by atoms with Crippen LogP contribution in [0.5, 0.6) is 0 Å². The standard InChI is InChI=1S/C19H22FN3/c1-13-3-8-18(14(2)11-13)23-19(12-17(22-23)9-10-21)15-4-6-16(20)7-5-15/h3-8,11,19H,9-10,12,21H2,1-2H3. The van der Waals surface area contributed by atoms with Gasteiger partial charge in [0.15, 0.2) is 0 Å². The number of nitrogens with zero attached hydrogens (tertiary/aromatic N) is 2. The van der Waals surface area contributed by atoms with Gasteiger partial charge >= 0.3 is 0 Å². The lowest BCUT2D eigenvalue weighted by molar-refractivity contribution is 0.624. The number of nitrogens with two attached hydrogens (primary N) is 1. The number of hydrazone groups is 1. The number of halogens is 1. The topological polar surface area (TPSA) is 41.6 Å². The Bertz CT molecular complexity index is 722. The Labute approximate surface area is 136 Å². The maximum absolute atomic E-state index is 13.2. The van der Waals surface area contributed by atoms with E-state index >= 15 is 0 Å². The number of benzene rings is 2. The molecule has 0 aromatic heterocycles. The summed E-state index contributed by atoms with van der Waals surface area (Å²) >= 11 is 0. The summed E-state index contributed by atoms with van der Waals surface area (Å²) in [7, 11) is 0. The van der Waals surface area contributed by atoms with E-state index in [0.717, 1.165) is 29.8 Å². The molecule has 0 amide bonds. The predicted octanol–water partition coefficient (Wildman–Crippen LogP) is 4.10. The zero-order chi connectivity index (χ0) is 16.4. The molecule has 23 heavy (non-hydrogen) atoms. The third-order valence-electron chi connectivity index (χ3n) is 4.26. The van der Waals surface area contributed by atoms with Crippen molar-refractivity contribution in [2.75, 3.05) is 11.6 Å². The summed E-state index contributed by atoms with van der Waals surface area (Å²) in [6.07, 6.45) is 1.62. The van der Waals surface area contributed by atoms with Crippen LogP contribution in [0, 0.1) is 19.7 Å². The third-order valence-corrected chi connectivity index (χ3v) is 4.26. The second-order valence-electron chi connectivity index (χ2n) is 6.11. The van der Waals surface area contributed by atoms with Crippen molar-refractivity contribution in [1.29, 1.82) is 0 Å². The Morgan fingerprint density at radius 1 is 1.17 bits per heavy atom. The molecule has 0 fully saturated rings. The van der Waals surface area contributed by atoms with E-state index < -0.39 is 0 Å². The van der Waals surface area contributed by atoms with Crippen LogP contribution in [0.2, 0.25) is 0 Å². The summed E-state index contributed by atoms with van der Waals surface area (Å²) in [6.45, 7) is 4.78. The summed E-state index contributed by atoms with van der Waals surface area (Å²) in [5.41, 5.74) is 11.4. The molecule has 1 heterocycles. The highest BCUT2D eigenvalue weighted by Crippen LogP contribution is 2.37. The normalized spacial score (nSPS) is 17.5. The Balaban J connectivity index is 1.99. The van der Waals surface area contributed by atoms with Crippen LogP contribution in [-0.2, 0) is 0 Å². The Kier molecular flexibility index (Phi) is 4.44. The molecule has 120 valence electrons. The lowest BCUT2D eigenvalue weighted by Gasteiger charge is -2.25. The van der Waals surface area contributed by atoms with Crippen molar-refractivity contribution in [2.24, 2.45) is 10.8 Å². The number of hydrogen-bond donors (Lipinski definition) is 1. The average Bonchev–Trinajstić information content (AvgIpc) is 2.92. The van der Waals surface area contributed by atoms with Crippen molar-refractivity contribution in [3.8, 4) is 0 Å². The highest BCUT2D eigenvalue weighted by molar-refractivity contribution is 5.89. The van der Waals surface area contributed by atoms with Gasteiger partial charge in [-0.05, 0) is 56.1 Å². The number of anilines is 1. The van der Waals surface area contributed by atoms with E-state index in [4.69, 9.17) is 10.8 Å². The van der Waals surface area contributed by atoms with Gasteiger partial charge in [-0.3, -0.25) is 5.01 Å². The lowest BCUT2D eigenvalue weighted by Crippen LogP contribution is -2.19. The molecule has 1 atom stereocenters. The maximum Gasteiger partial charge on any atom is 0.123 e. The van der Waals surface area contributed by atoms with Crippen molar-refractivity contribution in [1.82, 2.24) is 0 Å². The van der Waals surface area contributed by atoms with Gasteiger partial charge in [0.25, 0.3) is 0 Å². The van der Waals surface area contributed by atoms with Gasteiger partial charge in [0.1, 0.15) is 5.82 Å². The van der Waals surface area contributed by atoms with E-state index in [0.29, 0.717) is 6.54 Å². The van der Waals surface area contributed by atoms with Crippen molar-refractivity contribution >= 4 is 11.4 Å². The van der Waals surface area contributed by atoms with E-state index in [1.165, 1.54) is 23.3 Å². The first-order chi connectivity index (χ1) is 11.1. The molecule has 2 aromatic rings. The average molecular weight is 311 g/mol. The molecule has 4 heteroatoms. The molecular formula is C19H22FN3. The van der Waals surface area contributed by atoms with Crippen LogP contribution >= 0.6 is 0 Å². The summed E-state index contributed by atoms with van der Waals surface area (Å²) in [6, 6.07) is 13.2. The highest BCUT2D eigenvalue weighted by atomic mass is 19.1. The molecule has 0 radical (unpaired) electrons. The molecule has 0 saturated carbocycles. The molecule has 0 aliphatic carbocycles. The van der Waals surface area contributed by atoms with E-state index in [-0.39, 0.29) is 11.9 Å². The summed E-state index contributed by atoms with van der Waals surface area (Å²) in [5.74, 6) is -0.215. The smallest absolute Gasteiger partial charge is 0.123 e. The third kappa shape index (κ3) is 3.27. The van der Waals surface area contributed by atoms with Crippen LogP contribution in [0.15, 0.2) is 47.6 Å². The van der Waals surface area contributed by atoms with E-state index in [2.05, 4.69) is 37.1 Å². The molecule has 1 aliphatic rings. The van der Waals surface area contributed by atoms with Crippen molar-refractivity contribution in [2.45, 2.75) is 32.7 Å². The van der Waals surface area contributed by atoms with Gasteiger partial charge in [-0.1, -0.05) is 29.8 Å². The molecule has 0 saturated heterocycles. The first-order valence-corrected chi connectivity index (χ1v) is 7.97. The molecule has 2 aromatic carbocycles. The van der Waals surface area contributed by atoms with Crippen LogP contribution < -0.4 is 10.7 Å². The van der Waals surface area contributed by atoms with Gasteiger partial charge in [-0.15, -0.1) is 0 Å².